The molecule has 7 nitrogen and oxygen atoms in total. The Kier molecular flexibility index (Phi) is 4.92. The van der Waals surface area contributed by atoms with Crippen molar-refractivity contribution >= 4 is 51.5 Å². The Bertz CT molecular complexity index is 1230. The normalized spacial score (nSPS) is 10.8. The van der Waals surface area contributed by atoms with Gasteiger partial charge in [0.2, 0.25) is 0 Å². The number of benzene rings is 3. The van der Waals surface area contributed by atoms with Crippen LogP contribution in [0.3, 0.4) is 0 Å². The number of carbonyl (C=O) groups is 1. The number of rotatable bonds is 4. The predicted molar refractivity (Wildman–Crippen MR) is 113 cm³/mol. The minimum Gasteiger partial charge on any atom is -0.338 e. The van der Waals surface area contributed by atoms with Crippen LogP contribution in [0.5, 0.6) is 0 Å². The lowest BCUT2D eigenvalue weighted by Gasteiger charge is -2.07. The molecule has 4 rings (SSSR count). The maximum Gasteiger partial charge on any atom is 0.271 e. The summed E-state index contributed by atoms with van der Waals surface area (Å²) in [5.74, 6) is 0.234. The van der Waals surface area contributed by atoms with Gasteiger partial charge in [-0.05, 0) is 48.5 Å². The van der Waals surface area contributed by atoms with Crippen LogP contribution in [0.1, 0.15) is 10.4 Å². The molecular formula is C20H12Cl2N4O3. The van der Waals surface area contributed by atoms with Crippen LogP contribution in [0.4, 0.5) is 11.4 Å². The van der Waals surface area contributed by atoms with E-state index in [4.69, 9.17) is 23.2 Å². The summed E-state index contributed by atoms with van der Waals surface area (Å²) in [5.41, 5.74) is 2.90. The molecule has 3 aromatic carbocycles. The smallest absolute Gasteiger partial charge is 0.271 e. The molecule has 2 N–H and O–H groups in total. The van der Waals surface area contributed by atoms with E-state index in [1.54, 1.807) is 36.4 Å². The van der Waals surface area contributed by atoms with Crippen molar-refractivity contribution in [3.05, 3.63) is 86.4 Å². The number of nitrogens with one attached hydrogen (secondary N) is 2. The summed E-state index contributed by atoms with van der Waals surface area (Å²) in [5, 5.41) is 14.4. The highest BCUT2D eigenvalue weighted by molar-refractivity contribution is 6.35. The summed E-state index contributed by atoms with van der Waals surface area (Å²) in [6.45, 7) is 0. The summed E-state index contributed by atoms with van der Waals surface area (Å²) >= 11 is 11.9. The van der Waals surface area contributed by atoms with E-state index in [1.165, 1.54) is 24.3 Å². The molecule has 144 valence electrons. The second-order valence-corrected chi connectivity index (χ2v) is 7.11. The standard InChI is InChI=1S/C20H12Cl2N4O3/c21-13-7-12(8-14(22)9-13)20(27)23-15-3-1-11(2-4-15)19-24-17-6-5-16(26(28)29)10-18(17)25-19/h1-10H,(H,23,27)(H,24,25). The van der Waals surface area contributed by atoms with Gasteiger partial charge in [0.25, 0.3) is 11.6 Å². The van der Waals surface area contributed by atoms with Gasteiger partial charge in [-0.25, -0.2) is 4.98 Å². The van der Waals surface area contributed by atoms with Gasteiger partial charge in [0.05, 0.1) is 16.0 Å². The number of hydrogen-bond donors (Lipinski definition) is 2. The molecule has 0 bridgehead atoms. The number of H-pyrrole nitrogens is 1. The number of nitrogens with zero attached hydrogens (tertiary/aromatic N) is 2. The largest absolute Gasteiger partial charge is 0.338 e. The molecule has 0 saturated heterocycles. The fourth-order valence-electron chi connectivity index (χ4n) is 2.85. The van der Waals surface area contributed by atoms with E-state index in [2.05, 4.69) is 15.3 Å². The highest BCUT2D eigenvalue weighted by Crippen LogP contribution is 2.25. The SMILES string of the molecule is O=C(Nc1ccc(-c2nc3ccc([N+](=O)[O-])cc3[nH]2)cc1)c1cc(Cl)cc(Cl)c1. The number of imidazole rings is 1. The minimum absolute atomic E-state index is 0.00752. The first-order valence-corrected chi connectivity index (χ1v) is 9.17. The Labute approximate surface area is 174 Å². The summed E-state index contributed by atoms with van der Waals surface area (Å²) in [7, 11) is 0. The molecule has 29 heavy (non-hydrogen) atoms. The van der Waals surface area contributed by atoms with Gasteiger partial charge in [-0.1, -0.05) is 23.2 Å². The van der Waals surface area contributed by atoms with Gasteiger partial charge in [-0.15, -0.1) is 0 Å². The van der Waals surface area contributed by atoms with Crippen LogP contribution in [0, 0.1) is 10.1 Å². The zero-order valence-corrected chi connectivity index (χ0v) is 16.2. The fraction of sp³-hybridized carbons (Fsp3) is 0. The molecule has 0 aliphatic carbocycles. The number of non-ortho nitro benzene ring substituents is 1. The zero-order chi connectivity index (χ0) is 20.5. The summed E-state index contributed by atoms with van der Waals surface area (Å²) in [6.07, 6.45) is 0. The Morgan fingerprint density at radius 1 is 1.00 bits per heavy atom. The third-order valence-electron chi connectivity index (χ3n) is 4.22. The lowest BCUT2D eigenvalue weighted by Crippen LogP contribution is -2.11. The maximum absolute atomic E-state index is 12.4. The van der Waals surface area contributed by atoms with Crippen molar-refractivity contribution in [3.63, 3.8) is 0 Å². The Hall–Kier alpha value is -3.42. The van der Waals surface area contributed by atoms with Crippen LogP contribution in [0.2, 0.25) is 10.0 Å². The van der Waals surface area contributed by atoms with Gasteiger partial charge >= 0.3 is 0 Å². The van der Waals surface area contributed by atoms with Crippen molar-refractivity contribution in [1.29, 1.82) is 0 Å². The van der Waals surface area contributed by atoms with Gasteiger partial charge in [0.1, 0.15) is 5.82 Å². The van der Waals surface area contributed by atoms with E-state index in [-0.39, 0.29) is 11.6 Å². The molecule has 9 heteroatoms. The first-order chi connectivity index (χ1) is 13.9. The second-order valence-electron chi connectivity index (χ2n) is 6.23. The van der Waals surface area contributed by atoms with Crippen LogP contribution >= 0.6 is 23.2 Å². The van der Waals surface area contributed by atoms with Gasteiger partial charge < -0.3 is 10.3 Å². The van der Waals surface area contributed by atoms with Crippen LogP contribution in [0.25, 0.3) is 22.4 Å². The fourth-order valence-corrected chi connectivity index (χ4v) is 3.37. The van der Waals surface area contributed by atoms with Crippen molar-refractivity contribution in [3.8, 4) is 11.4 Å². The zero-order valence-electron chi connectivity index (χ0n) is 14.6. The molecule has 0 aliphatic heterocycles. The molecule has 1 amide bonds. The molecule has 1 heterocycles. The number of hydrogen-bond acceptors (Lipinski definition) is 4. The molecule has 0 fully saturated rings. The molecule has 0 aliphatic rings. The van der Waals surface area contributed by atoms with Gasteiger partial charge in [0, 0.05) is 39.0 Å². The molecule has 4 aromatic rings. The number of amides is 1. The highest BCUT2D eigenvalue weighted by Gasteiger charge is 2.12. The topological polar surface area (TPSA) is 101 Å². The van der Waals surface area contributed by atoms with E-state index in [9.17, 15) is 14.9 Å². The number of nitro benzene ring substituents is 1. The lowest BCUT2D eigenvalue weighted by atomic mass is 10.1. The van der Waals surface area contributed by atoms with Crippen LogP contribution < -0.4 is 5.32 Å². The average Bonchev–Trinajstić information content (AvgIpc) is 3.11. The van der Waals surface area contributed by atoms with Crippen molar-refractivity contribution in [1.82, 2.24) is 9.97 Å². The van der Waals surface area contributed by atoms with Crippen LogP contribution in [0.15, 0.2) is 60.7 Å². The Morgan fingerprint density at radius 2 is 1.69 bits per heavy atom. The number of carbonyl (C=O) groups excluding carboxylic acids is 1. The summed E-state index contributed by atoms with van der Waals surface area (Å²) < 4.78 is 0. The van der Waals surface area contributed by atoms with Crippen LogP contribution in [-0.2, 0) is 0 Å². The third kappa shape index (κ3) is 4.06. The number of halogens is 2. The number of fused-ring (bicyclic) bond motifs is 1. The summed E-state index contributed by atoms with van der Waals surface area (Å²) in [4.78, 5) is 30.4. The van der Waals surface area contributed by atoms with Gasteiger partial charge in [-0.2, -0.15) is 0 Å². The van der Waals surface area contributed by atoms with Crippen molar-refractivity contribution in [2.24, 2.45) is 0 Å². The maximum atomic E-state index is 12.4. The van der Waals surface area contributed by atoms with E-state index in [0.717, 1.165) is 5.56 Å². The second kappa shape index (κ2) is 7.54. The van der Waals surface area contributed by atoms with Gasteiger partial charge in [-0.3, -0.25) is 14.9 Å². The van der Waals surface area contributed by atoms with E-state index < -0.39 is 4.92 Å². The van der Waals surface area contributed by atoms with Crippen molar-refractivity contribution in [2.45, 2.75) is 0 Å². The molecule has 0 saturated carbocycles. The number of anilines is 1. The average molecular weight is 427 g/mol. The quantitative estimate of drug-likeness (QED) is 0.322. The number of nitro groups is 1. The predicted octanol–water partition coefficient (Wildman–Crippen LogP) is 5.70. The molecule has 0 unspecified atom stereocenters. The first kappa shape index (κ1) is 18.9. The molecule has 0 radical (unpaired) electrons. The van der Waals surface area contributed by atoms with E-state index in [1.807, 2.05) is 0 Å². The first-order valence-electron chi connectivity index (χ1n) is 8.41. The van der Waals surface area contributed by atoms with E-state index in [0.29, 0.717) is 38.2 Å². The molecular weight excluding hydrogens is 415 g/mol. The summed E-state index contributed by atoms with van der Waals surface area (Å²) in [6, 6.07) is 16.1. The molecule has 0 atom stereocenters. The molecule has 1 aromatic heterocycles. The van der Waals surface area contributed by atoms with Crippen molar-refractivity contribution in [2.75, 3.05) is 5.32 Å². The Morgan fingerprint density at radius 3 is 2.34 bits per heavy atom. The van der Waals surface area contributed by atoms with Crippen LogP contribution in [-0.4, -0.2) is 20.8 Å². The number of aromatic nitrogens is 2. The number of aromatic amines is 1. The molecule has 0 spiro atoms. The third-order valence-corrected chi connectivity index (χ3v) is 4.65. The highest BCUT2D eigenvalue weighted by atomic mass is 35.5. The van der Waals surface area contributed by atoms with Gasteiger partial charge in [0.15, 0.2) is 0 Å². The van der Waals surface area contributed by atoms with Crippen molar-refractivity contribution < 1.29 is 9.72 Å². The minimum atomic E-state index is -0.454. The Balaban J connectivity index is 1.55. The lowest BCUT2D eigenvalue weighted by molar-refractivity contribution is -0.384. The monoisotopic (exact) mass is 426 g/mol. The van der Waals surface area contributed by atoms with E-state index >= 15 is 0 Å².